The summed E-state index contributed by atoms with van der Waals surface area (Å²) in [7, 11) is 0. The zero-order valence-electron chi connectivity index (χ0n) is 31.4. The first kappa shape index (κ1) is 42.2. The molecule has 1 aliphatic heterocycles. The van der Waals surface area contributed by atoms with Gasteiger partial charge < -0.3 is 19.8 Å². The fourth-order valence-electron chi connectivity index (χ4n) is 7.98. The number of nitro benzene ring substituents is 2. The van der Waals surface area contributed by atoms with Gasteiger partial charge in [-0.3, -0.25) is 20.2 Å². The molecule has 1 heterocycles. The minimum atomic E-state index is -2.04. The molecule has 0 bridgehead atoms. The lowest BCUT2D eigenvalue weighted by Gasteiger charge is -2.49. The molecule has 12 nitrogen and oxygen atoms in total. The van der Waals surface area contributed by atoms with Crippen LogP contribution in [0.2, 0.25) is 0 Å². The number of nitrogens with zero attached hydrogens (tertiary/aromatic N) is 3. The van der Waals surface area contributed by atoms with E-state index < -0.39 is 44.5 Å². The number of carboxylic acid groups (broad SMARTS) is 2. The summed E-state index contributed by atoms with van der Waals surface area (Å²) in [6, 6.07) is 0.539. The van der Waals surface area contributed by atoms with E-state index in [2.05, 4.69) is 6.92 Å². The van der Waals surface area contributed by atoms with Gasteiger partial charge in [-0.2, -0.15) is 0 Å². The van der Waals surface area contributed by atoms with Crippen LogP contribution < -0.4 is 4.74 Å². The van der Waals surface area contributed by atoms with Crippen LogP contribution in [0.1, 0.15) is 150 Å². The Morgan fingerprint density at radius 1 is 0.760 bits per heavy atom. The Bertz CT molecular complexity index is 1410. The summed E-state index contributed by atoms with van der Waals surface area (Å²) in [5.74, 6) is -4.00. The van der Waals surface area contributed by atoms with Crippen molar-refractivity contribution in [1.29, 1.82) is 0 Å². The molecule has 0 aromatic heterocycles. The number of unbranched alkanes of at least 4 members (excludes halogenated alkanes) is 12. The largest absolute Gasteiger partial charge is 0.487 e. The Kier molecular flexibility index (Phi) is 16.4. The lowest BCUT2D eigenvalue weighted by Crippen LogP contribution is -2.50. The number of benzene rings is 1. The van der Waals surface area contributed by atoms with Crippen LogP contribution in [0, 0.1) is 26.1 Å². The summed E-state index contributed by atoms with van der Waals surface area (Å²) in [6.45, 7) is 13.8. The van der Waals surface area contributed by atoms with E-state index in [1.807, 2.05) is 0 Å². The Balaban J connectivity index is 2.75. The van der Waals surface area contributed by atoms with Gasteiger partial charge in [0.1, 0.15) is 0 Å². The molecule has 2 rings (SSSR count). The molecule has 0 fully saturated rings. The maximum atomic E-state index is 13.4. The molecule has 1 aromatic carbocycles. The molecule has 0 saturated carbocycles. The van der Waals surface area contributed by atoms with Crippen LogP contribution in [0.25, 0.3) is 0 Å². The van der Waals surface area contributed by atoms with Gasteiger partial charge in [-0.05, 0) is 53.4 Å². The molecule has 2 N–H and O–H groups in total. The Morgan fingerprint density at radius 2 is 1.18 bits per heavy atom. The van der Waals surface area contributed by atoms with E-state index in [0.29, 0.717) is 6.42 Å². The number of nitro groups is 2. The van der Waals surface area contributed by atoms with E-state index in [1.165, 1.54) is 44.9 Å². The second-order valence-electron chi connectivity index (χ2n) is 14.0. The predicted octanol–water partition coefficient (Wildman–Crippen LogP) is 9.87. The van der Waals surface area contributed by atoms with Crippen LogP contribution in [0.3, 0.4) is 0 Å². The summed E-state index contributed by atoms with van der Waals surface area (Å²) in [6.07, 6.45) is 14.3. The van der Waals surface area contributed by atoms with Crippen LogP contribution >= 0.6 is 0 Å². The number of hydrogen-bond acceptors (Lipinski definition) is 8. The fourth-order valence-corrected chi connectivity index (χ4v) is 7.98. The zero-order chi connectivity index (χ0) is 37.8. The number of hydrogen-bond donors (Lipinski definition) is 2. The molecule has 0 atom stereocenters. The van der Waals surface area contributed by atoms with Gasteiger partial charge in [0, 0.05) is 28.6 Å². The molecular formula is C38H59N3O9. The number of ether oxygens (including phenoxy) is 1. The van der Waals surface area contributed by atoms with Gasteiger partial charge in [-0.25, -0.2) is 9.59 Å². The third kappa shape index (κ3) is 9.23. The van der Waals surface area contributed by atoms with Crippen molar-refractivity contribution in [2.75, 3.05) is 6.61 Å². The third-order valence-electron chi connectivity index (χ3n) is 10.00. The SMILES string of the molecule is CCCCCCCCCCCCCCCc1c([N+](=O)[O-])cc([N+](=O)[O-])c(OCC)c1C1(C(C)C)C(C(=O)O)=C(C)N(C(C)C)C(C)=C1C(=O)O. The highest BCUT2D eigenvalue weighted by molar-refractivity contribution is 6.02. The standard InChI is InChI=1S/C38H59N3O9/c1-9-11-12-13-14-15-16-17-18-19-20-21-22-23-29-30(40(46)47)24-31(41(48)49)35(50-10-2)34(29)38(25(3)4)32(36(42)43)27(7)39(26(5)6)28(8)33(38)37(44)45/h24-26H,9-23H2,1-8H3,(H,42,43)(H,44,45). The molecule has 1 aliphatic rings. The number of carboxylic acids is 2. The number of allylic oxidation sites excluding steroid dienone is 2. The van der Waals surface area contributed by atoms with Crippen molar-refractivity contribution in [3.8, 4) is 5.75 Å². The fraction of sp³-hybridized carbons (Fsp3) is 0.684. The highest BCUT2D eigenvalue weighted by Gasteiger charge is 2.58. The molecule has 0 unspecified atom stereocenters. The third-order valence-corrected chi connectivity index (χ3v) is 10.00. The topological polar surface area (TPSA) is 173 Å². The molecule has 0 spiro atoms. The summed E-state index contributed by atoms with van der Waals surface area (Å²) in [4.78, 5) is 52.1. The Hall–Kier alpha value is -3.96. The lowest BCUT2D eigenvalue weighted by atomic mass is 9.57. The van der Waals surface area contributed by atoms with Gasteiger partial charge in [-0.15, -0.1) is 0 Å². The van der Waals surface area contributed by atoms with Crippen molar-refractivity contribution < 1.29 is 34.4 Å². The molecule has 0 saturated heterocycles. The van der Waals surface area contributed by atoms with E-state index in [-0.39, 0.29) is 58.5 Å². The van der Waals surface area contributed by atoms with Crippen LogP contribution in [-0.4, -0.2) is 49.5 Å². The first-order valence-electron chi connectivity index (χ1n) is 18.4. The van der Waals surface area contributed by atoms with Crippen molar-refractivity contribution in [2.24, 2.45) is 5.92 Å². The lowest BCUT2D eigenvalue weighted by molar-refractivity contribution is -0.395. The second kappa shape index (κ2) is 19.4. The van der Waals surface area contributed by atoms with Gasteiger partial charge in [-0.1, -0.05) is 97.8 Å². The number of rotatable bonds is 23. The molecule has 0 radical (unpaired) electrons. The van der Waals surface area contributed by atoms with Gasteiger partial charge in [0.2, 0.25) is 5.75 Å². The summed E-state index contributed by atoms with van der Waals surface area (Å²) in [5, 5.41) is 47.0. The van der Waals surface area contributed by atoms with Gasteiger partial charge in [0.15, 0.2) is 0 Å². The van der Waals surface area contributed by atoms with Crippen molar-refractivity contribution in [2.45, 2.75) is 157 Å². The molecule has 12 heteroatoms. The molecule has 1 aromatic rings. The van der Waals surface area contributed by atoms with Crippen LogP contribution in [0.4, 0.5) is 11.4 Å². The smallest absolute Gasteiger partial charge is 0.334 e. The summed E-state index contributed by atoms with van der Waals surface area (Å²) >= 11 is 0. The highest BCUT2D eigenvalue weighted by atomic mass is 16.6. The minimum Gasteiger partial charge on any atom is -0.487 e. The Morgan fingerprint density at radius 3 is 1.52 bits per heavy atom. The van der Waals surface area contributed by atoms with Crippen molar-refractivity contribution in [3.63, 3.8) is 0 Å². The average molecular weight is 702 g/mol. The normalized spacial score (nSPS) is 14.6. The molecule has 50 heavy (non-hydrogen) atoms. The zero-order valence-corrected chi connectivity index (χ0v) is 31.4. The molecule has 0 aliphatic carbocycles. The molecular weight excluding hydrogens is 642 g/mol. The van der Waals surface area contributed by atoms with Crippen LogP contribution in [-0.2, 0) is 21.4 Å². The molecule has 0 amide bonds. The van der Waals surface area contributed by atoms with E-state index in [4.69, 9.17) is 4.74 Å². The first-order valence-corrected chi connectivity index (χ1v) is 18.4. The van der Waals surface area contributed by atoms with Crippen LogP contribution in [0.5, 0.6) is 5.75 Å². The minimum absolute atomic E-state index is 0.0666. The van der Waals surface area contributed by atoms with Gasteiger partial charge in [0.05, 0.1) is 39.1 Å². The summed E-state index contributed by atoms with van der Waals surface area (Å²) in [5.41, 5.74) is -3.44. The van der Waals surface area contributed by atoms with E-state index in [0.717, 1.165) is 38.2 Å². The first-order chi connectivity index (χ1) is 23.6. The second-order valence-corrected chi connectivity index (χ2v) is 14.0. The highest BCUT2D eigenvalue weighted by Crippen LogP contribution is 2.58. The van der Waals surface area contributed by atoms with E-state index >= 15 is 0 Å². The molecule has 280 valence electrons. The number of carbonyl (C=O) groups is 2. The number of aliphatic carboxylic acids is 2. The average Bonchev–Trinajstić information content (AvgIpc) is 3.01. The van der Waals surface area contributed by atoms with Gasteiger partial charge in [0.25, 0.3) is 5.69 Å². The maximum Gasteiger partial charge on any atom is 0.334 e. The van der Waals surface area contributed by atoms with E-state index in [1.54, 1.807) is 53.4 Å². The van der Waals surface area contributed by atoms with Crippen LogP contribution in [0.15, 0.2) is 28.6 Å². The van der Waals surface area contributed by atoms with Crippen molar-refractivity contribution >= 4 is 23.3 Å². The van der Waals surface area contributed by atoms with Gasteiger partial charge >= 0.3 is 17.6 Å². The van der Waals surface area contributed by atoms with Crippen molar-refractivity contribution in [1.82, 2.24) is 4.90 Å². The van der Waals surface area contributed by atoms with Crippen molar-refractivity contribution in [3.05, 3.63) is 60.0 Å². The predicted molar refractivity (Wildman–Crippen MR) is 194 cm³/mol. The monoisotopic (exact) mass is 701 g/mol. The summed E-state index contributed by atoms with van der Waals surface area (Å²) < 4.78 is 5.94. The quantitative estimate of drug-likeness (QED) is 0.0635. The maximum absolute atomic E-state index is 13.4. The Labute approximate surface area is 297 Å². The van der Waals surface area contributed by atoms with E-state index in [9.17, 15) is 40.0 Å².